The lowest BCUT2D eigenvalue weighted by molar-refractivity contribution is -0.121. The van der Waals surface area contributed by atoms with Crippen LogP contribution in [-0.2, 0) is 24.4 Å². The van der Waals surface area contributed by atoms with Crippen molar-refractivity contribution in [2.24, 2.45) is 0 Å². The van der Waals surface area contributed by atoms with Crippen molar-refractivity contribution in [1.82, 2.24) is 19.8 Å². The van der Waals surface area contributed by atoms with Gasteiger partial charge in [0.05, 0.1) is 31.4 Å². The zero-order valence-electron chi connectivity index (χ0n) is 20.6. The van der Waals surface area contributed by atoms with E-state index in [-0.39, 0.29) is 11.5 Å². The molecule has 0 spiro atoms. The second kappa shape index (κ2) is 11.8. The number of amides is 1. The maximum atomic E-state index is 12.9. The molecule has 0 atom stereocenters. The van der Waals surface area contributed by atoms with Crippen LogP contribution in [0.3, 0.4) is 0 Å². The Morgan fingerprint density at radius 1 is 1.03 bits per heavy atom. The predicted molar refractivity (Wildman–Crippen MR) is 136 cm³/mol. The molecule has 4 rings (SSSR count). The number of methoxy groups -OCH3 is 2. The number of carbonyl (C=O) groups is 1. The summed E-state index contributed by atoms with van der Waals surface area (Å²) >= 11 is 0. The van der Waals surface area contributed by atoms with Gasteiger partial charge in [0.2, 0.25) is 5.91 Å². The van der Waals surface area contributed by atoms with Crippen molar-refractivity contribution in [3.05, 3.63) is 64.2 Å². The van der Waals surface area contributed by atoms with E-state index in [9.17, 15) is 9.59 Å². The van der Waals surface area contributed by atoms with Gasteiger partial charge in [0.25, 0.3) is 5.56 Å². The summed E-state index contributed by atoms with van der Waals surface area (Å²) < 4.78 is 12.1. The van der Waals surface area contributed by atoms with Gasteiger partial charge in [-0.1, -0.05) is 30.7 Å². The number of aromatic nitrogens is 2. The van der Waals surface area contributed by atoms with Gasteiger partial charge in [-0.15, -0.1) is 0 Å². The highest BCUT2D eigenvalue weighted by Gasteiger charge is 2.14. The zero-order valence-corrected chi connectivity index (χ0v) is 20.6. The Hall–Kier alpha value is -3.39. The van der Waals surface area contributed by atoms with E-state index in [0.717, 1.165) is 25.2 Å². The highest BCUT2D eigenvalue weighted by molar-refractivity contribution is 5.81. The van der Waals surface area contributed by atoms with Crippen LogP contribution in [0.4, 0.5) is 0 Å². The third-order valence-electron chi connectivity index (χ3n) is 6.57. The summed E-state index contributed by atoms with van der Waals surface area (Å²) in [6, 6.07) is 11.7. The number of carbonyl (C=O) groups excluding carboxylic acids is 1. The number of aryl methyl sites for hydroxylation is 1. The zero-order chi connectivity index (χ0) is 24.6. The topological polar surface area (TPSA) is 85.7 Å². The average molecular weight is 479 g/mol. The van der Waals surface area contributed by atoms with Gasteiger partial charge >= 0.3 is 0 Å². The molecule has 1 aliphatic rings. The fourth-order valence-electron chi connectivity index (χ4n) is 4.58. The third kappa shape index (κ3) is 6.19. The third-order valence-corrected chi connectivity index (χ3v) is 6.57. The fourth-order valence-corrected chi connectivity index (χ4v) is 4.58. The summed E-state index contributed by atoms with van der Waals surface area (Å²) in [6.45, 7) is 4.14. The van der Waals surface area contributed by atoms with E-state index in [1.54, 1.807) is 19.2 Å². The van der Waals surface area contributed by atoms with Crippen molar-refractivity contribution in [3.63, 3.8) is 0 Å². The molecule has 186 valence electrons. The number of nitrogens with one attached hydrogen (secondary N) is 1. The number of rotatable bonds is 10. The largest absolute Gasteiger partial charge is 0.493 e. The van der Waals surface area contributed by atoms with Gasteiger partial charge in [-0.3, -0.25) is 19.1 Å². The molecule has 1 aromatic heterocycles. The maximum Gasteiger partial charge on any atom is 0.261 e. The second-order valence-electron chi connectivity index (χ2n) is 8.95. The lowest BCUT2D eigenvalue weighted by Crippen LogP contribution is -2.30. The molecule has 35 heavy (non-hydrogen) atoms. The number of hydrogen-bond donors (Lipinski definition) is 1. The van der Waals surface area contributed by atoms with Crippen LogP contribution in [0, 0.1) is 0 Å². The van der Waals surface area contributed by atoms with Crippen molar-refractivity contribution in [2.45, 2.75) is 51.7 Å². The number of benzene rings is 2. The summed E-state index contributed by atoms with van der Waals surface area (Å²) in [7, 11) is 3.08. The molecule has 2 heterocycles. The summed E-state index contributed by atoms with van der Waals surface area (Å²) in [5.41, 5.74) is 2.81. The molecule has 2 aromatic carbocycles. The van der Waals surface area contributed by atoms with Crippen LogP contribution >= 0.6 is 0 Å². The lowest BCUT2D eigenvalue weighted by Gasteiger charge is -2.27. The second-order valence-corrected chi connectivity index (χ2v) is 8.95. The lowest BCUT2D eigenvalue weighted by atomic mass is 10.0. The minimum Gasteiger partial charge on any atom is -0.493 e. The van der Waals surface area contributed by atoms with Crippen LogP contribution in [0.5, 0.6) is 11.5 Å². The minimum absolute atomic E-state index is 0.0222. The molecule has 1 fully saturated rings. The molecule has 0 radical (unpaired) electrons. The van der Waals surface area contributed by atoms with Crippen LogP contribution in [-0.4, -0.2) is 47.7 Å². The molecule has 0 saturated carbocycles. The molecule has 0 unspecified atom stereocenters. The highest BCUT2D eigenvalue weighted by Crippen LogP contribution is 2.29. The summed E-state index contributed by atoms with van der Waals surface area (Å²) in [5.74, 6) is 0.987. The predicted octanol–water partition coefficient (Wildman–Crippen LogP) is 3.50. The van der Waals surface area contributed by atoms with Crippen LogP contribution in [0.1, 0.15) is 43.2 Å². The Balaban J connectivity index is 1.31. The molecule has 1 saturated heterocycles. The summed E-state index contributed by atoms with van der Waals surface area (Å²) in [5, 5.41) is 3.50. The van der Waals surface area contributed by atoms with Gasteiger partial charge in [-0.25, -0.2) is 4.98 Å². The van der Waals surface area contributed by atoms with E-state index >= 15 is 0 Å². The first kappa shape index (κ1) is 24.7. The van der Waals surface area contributed by atoms with Crippen molar-refractivity contribution in [1.29, 1.82) is 0 Å². The molecule has 1 amide bonds. The Morgan fingerprint density at radius 2 is 1.74 bits per heavy atom. The molecule has 1 aliphatic heterocycles. The van der Waals surface area contributed by atoms with Crippen molar-refractivity contribution in [3.8, 4) is 11.5 Å². The Kier molecular flexibility index (Phi) is 8.36. The van der Waals surface area contributed by atoms with E-state index in [2.05, 4.69) is 33.4 Å². The molecule has 8 heteroatoms. The Bertz CT molecular complexity index is 1220. The van der Waals surface area contributed by atoms with Crippen LogP contribution in [0.25, 0.3) is 10.9 Å². The fraction of sp³-hybridized carbons (Fsp3) is 0.444. The van der Waals surface area contributed by atoms with E-state index < -0.39 is 0 Å². The van der Waals surface area contributed by atoms with Crippen LogP contribution in [0.2, 0.25) is 0 Å². The smallest absolute Gasteiger partial charge is 0.261 e. The van der Waals surface area contributed by atoms with Gasteiger partial charge in [-0.05, 0) is 49.5 Å². The molecule has 8 nitrogen and oxygen atoms in total. The minimum atomic E-state index is -0.164. The first-order valence-electron chi connectivity index (χ1n) is 12.3. The molecule has 1 N–H and O–H groups in total. The van der Waals surface area contributed by atoms with Crippen molar-refractivity contribution in [2.75, 3.05) is 27.3 Å². The summed E-state index contributed by atoms with van der Waals surface area (Å²) in [6.07, 6.45) is 6.24. The monoisotopic (exact) mass is 478 g/mol. The van der Waals surface area contributed by atoms with Gasteiger partial charge in [0.15, 0.2) is 11.5 Å². The maximum absolute atomic E-state index is 12.9. The summed E-state index contributed by atoms with van der Waals surface area (Å²) in [4.78, 5) is 32.3. The van der Waals surface area contributed by atoms with Crippen molar-refractivity contribution >= 4 is 16.8 Å². The molecular formula is C27H34N4O4. The quantitative estimate of drug-likeness (QED) is 0.480. The molecule has 3 aromatic rings. The van der Waals surface area contributed by atoms with Gasteiger partial charge in [-0.2, -0.15) is 0 Å². The van der Waals surface area contributed by atoms with Crippen LogP contribution in [0.15, 0.2) is 47.5 Å². The number of piperidine rings is 1. The van der Waals surface area contributed by atoms with Crippen LogP contribution < -0.4 is 20.3 Å². The van der Waals surface area contributed by atoms with E-state index in [4.69, 9.17) is 9.47 Å². The van der Waals surface area contributed by atoms with E-state index in [1.807, 2.05) is 6.07 Å². The molecule has 0 aliphatic carbocycles. The number of hydrogen-bond acceptors (Lipinski definition) is 6. The molecular weight excluding hydrogens is 444 g/mol. The number of fused-ring (bicyclic) bond motifs is 1. The standard InChI is InChI=1S/C27H34N4O4/c1-34-24-15-22-23(16-25(24)35-2)29-19-31(27(22)33)14-8-11-26(32)28-17-20-9-4-5-10-21(20)18-30-12-6-3-7-13-30/h4-5,9-10,15-16,19H,3,6-8,11-14,17-18H2,1-2H3,(H,28,32). The molecule has 0 bridgehead atoms. The normalized spacial score (nSPS) is 14.1. The van der Waals surface area contributed by atoms with E-state index in [0.29, 0.717) is 48.3 Å². The Labute approximate surface area is 205 Å². The SMILES string of the molecule is COc1cc2ncn(CCCC(=O)NCc3ccccc3CN3CCCCC3)c(=O)c2cc1OC. The van der Waals surface area contributed by atoms with Gasteiger partial charge in [0, 0.05) is 32.1 Å². The highest BCUT2D eigenvalue weighted by atomic mass is 16.5. The van der Waals surface area contributed by atoms with Crippen molar-refractivity contribution < 1.29 is 14.3 Å². The van der Waals surface area contributed by atoms with E-state index in [1.165, 1.54) is 42.8 Å². The first-order valence-corrected chi connectivity index (χ1v) is 12.3. The number of ether oxygens (including phenoxy) is 2. The van der Waals surface area contributed by atoms with Gasteiger partial charge < -0.3 is 14.8 Å². The number of nitrogens with zero attached hydrogens (tertiary/aromatic N) is 3. The number of likely N-dealkylation sites (tertiary alicyclic amines) is 1. The van der Waals surface area contributed by atoms with Gasteiger partial charge in [0.1, 0.15) is 0 Å². The Morgan fingerprint density at radius 3 is 2.49 bits per heavy atom. The average Bonchev–Trinajstić information content (AvgIpc) is 2.89. The first-order chi connectivity index (χ1) is 17.1.